The Morgan fingerprint density at radius 3 is 2.18 bits per heavy atom. The van der Waals surface area contributed by atoms with Crippen molar-refractivity contribution in [1.82, 2.24) is 4.98 Å². The van der Waals surface area contributed by atoms with Gasteiger partial charge >= 0.3 is 0 Å². The molecule has 2 aromatic carbocycles. The SMILES string of the molecule is C=C/C(=C\C=C(\F)CC)C(=O)Nc1nc(-c2ccc(OC)cc2)c(Cc2ccc(C)cc2)s1.CC.COC. The number of aryl methyl sites for hydroxylation is 1. The molecular formula is C31H39FN2O3S. The van der Waals surface area contributed by atoms with Crippen molar-refractivity contribution in [2.24, 2.45) is 0 Å². The van der Waals surface area contributed by atoms with Crippen molar-refractivity contribution in [3.8, 4) is 17.0 Å². The van der Waals surface area contributed by atoms with E-state index in [9.17, 15) is 9.18 Å². The van der Waals surface area contributed by atoms with Crippen LogP contribution in [0.3, 0.4) is 0 Å². The lowest BCUT2D eigenvalue weighted by Gasteiger charge is -2.05. The zero-order valence-electron chi connectivity index (χ0n) is 23.4. The standard InChI is InChI=1S/C27H27FN2O2S.C2H6O.C2H6/c1-5-20(11-14-22(28)6-2)26(31)30-27-29-25(21-12-15-23(32-4)16-13-21)24(33-27)17-19-9-7-18(3)8-10-19;1-3-2;1-2/h5,7-16H,1,6,17H2,2-4H3,(H,29,30,31);1-2H3;1-2H3/b20-11+,22-14+;;. The maximum absolute atomic E-state index is 13.5. The number of anilines is 1. The number of ether oxygens (including phenoxy) is 2. The highest BCUT2D eigenvalue weighted by Crippen LogP contribution is 2.34. The number of thiazole rings is 1. The van der Waals surface area contributed by atoms with E-state index in [0.29, 0.717) is 11.6 Å². The van der Waals surface area contributed by atoms with Crippen LogP contribution in [0.25, 0.3) is 11.3 Å². The molecule has 3 aromatic rings. The van der Waals surface area contributed by atoms with Crippen molar-refractivity contribution < 1.29 is 18.7 Å². The van der Waals surface area contributed by atoms with Crippen LogP contribution >= 0.6 is 11.3 Å². The minimum atomic E-state index is -0.387. The number of benzene rings is 2. The summed E-state index contributed by atoms with van der Waals surface area (Å²) in [5.74, 6) is 0.0661. The molecule has 1 heterocycles. The van der Waals surface area contributed by atoms with Crippen LogP contribution in [0.4, 0.5) is 9.52 Å². The molecule has 0 fully saturated rings. The van der Waals surface area contributed by atoms with Gasteiger partial charge in [0, 0.05) is 36.7 Å². The number of hydrogen-bond acceptors (Lipinski definition) is 5. The summed E-state index contributed by atoms with van der Waals surface area (Å²) in [6.45, 7) is 11.4. The van der Waals surface area contributed by atoms with Gasteiger partial charge in [0.05, 0.1) is 18.6 Å². The summed E-state index contributed by atoms with van der Waals surface area (Å²) in [7, 11) is 4.88. The predicted molar refractivity (Wildman–Crippen MR) is 159 cm³/mol. The van der Waals surface area contributed by atoms with E-state index in [4.69, 9.17) is 9.72 Å². The first kappa shape index (κ1) is 32.5. The number of nitrogens with zero attached hydrogens (tertiary/aromatic N) is 1. The summed E-state index contributed by atoms with van der Waals surface area (Å²) >= 11 is 1.42. The monoisotopic (exact) mass is 538 g/mol. The third kappa shape index (κ3) is 10.4. The van der Waals surface area contributed by atoms with Crippen LogP contribution in [0.5, 0.6) is 5.75 Å². The molecule has 0 aliphatic rings. The summed E-state index contributed by atoms with van der Waals surface area (Å²) in [5, 5.41) is 3.31. The number of allylic oxidation sites excluding steroid dienone is 3. The Morgan fingerprint density at radius 1 is 1.05 bits per heavy atom. The summed E-state index contributed by atoms with van der Waals surface area (Å²) < 4.78 is 23.0. The molecule has 0 unspecified atom stereocenters. The number of aromatic nitrogens is 1. The normalized spacial score (nSPS) is 10.9. The molecule has 0 atom stereocenters. The third-order valence-electron chi connectivity index (χ3n) is 5.03. The molecule has 1 N–H and O–H groups in total. The smallest absolute Gasteiger partial charge is 0.257 e. The van der Waals surface area contributed by atoms with Gasteiger partial charge in [0.25, 0.3) is 5.91 Å². The number of methoxy groups -OCH3 is 2. The Kier molecular flexibility index (Phi) is 15.2. The molecule has 7 heteroatoms. The topological polar surface area (TPSA) is 60.5 Å². The maximum Gasteiger partial charge on any atom is 0.257 e. The first-order valence-electron chi connectivity index (χ1n) is 12.4. The minimum absolute atomic E-state index is 0.264. The van der Waals surface area contributed by atoms with Gasteiger partial charge in [0.2, 0.25) is 0 Å². The van der Waals surface area contributed by atoms with Crippen LogP contribution < -0.4 is 10.1 Å². The summed E-state index contributed by atoms with van der Waals surface area (Å²) in [4.78, 5) is 18.5. The first-order chi connectivity index (χ1) is 18.3. The lowest BCUT2D eigenvalue weighted by molar-refractivity contribution is -0.112. The first-order valence-corrected chi connectivity index (χ1v) is 13.3. The van der Waals surface area contributed by atoms with Gasteiger partial charge < -0.3 is 9.47 Å². The quantitative estimate of drug-likeness (QED) is 0.220. The molecular weight excluding hydrogens is 499 g/mol. The zero-order valence-corrected chi connectivity index (χ0v) is 24.2. The Bertz CT molecular complexity index is 1200. The van der Waals surface area contributed by atoms with E-state index in [1.165, 1.54) is 35.1 Å². The highest BCUT2D eigenvalue weighted by Gasteiger charge is 2.16. The number of hydrogen-bond donors (Lipinski definition) is 1. The van der Waals surface area contributed by atoms with Gasteiger partial charge in [-0.3, -0.25) is 10.1 Å². The second kappa shape index (κ2) is 17.8. The number of rotatable bonds is 9. The average Bonchev–Trinajstić information content (AvgIpc) is 3.33. The minimum Gasteiger partial charge on any atom is -0.497 e. The molecule has 0 bridgehead atoms. The number of carbonyl (C=O) groups excluding carboxylic acids is 1. The largest absolute Gasteiger partial charge is 0.497 e. The lowest BCUT2D eigenvalue weighted by atomic mass is 10.1. The highest BCUT2D eigenvalue weighted by molar-refractivity contribution is 7.16. The Balaban J connectivity index is 0.00000135. The summed E-state index contributed by atoms with van der Waals surface area (Å²) in [5.41, 5.74) is 4.36. The molecule has 1 aromatic heterocycles. The van der Waals surface area contributed by atoms with Crippen LogP contribution in [-0.2, 0) is 16.0 Å². The average molecular weight is 539 g/mol. The molecule has 0 saturated heterocycles. The fourth-order valence-corrected chi connectivity index (χ4v) is 4.11. The van der Waals surface area contributed by atoms with E-state index >= 15 is 0 Å². The molecule has 0 aliphatic carbocycles. The lowest BCUT2D eigenvalue weighted by Crippen LogP contribution is -2.12. The molecule has 204 valence electrons. The van der Waals surface area contributed by atoms with E-state index in [1.54, 1.807) is 28.3 Å². The van der Waals surface area contributed by atoms with E-state index in [1.807, 2.05) is 38.1 Å². The Morgan fingerprint density at radius 2 is 1.66 bits per heavy atom. The van der Waals surface area contributed by atoms with Crippen LogP contribution in [0.1, 0.15) is 43.2 Å². The predicted octanol–water partition coefficient (Wildman–Crippen LogP) is 8.32. The van der Waals surface area contributed by atoms with Gasteiger partial charge in [0.15, 0.2) is 5.13 Å². The fraction of sp³-hybridized carbons (Fsp3) is 0.290. The van der Waals surface area contributed by atoms with E-state index in [-0.39, 0.29) is 23.7 Å². The van der Waals surface area contributed by atoms with Gasteiger partial charge in [-0.25, -0.2) is 9.37 Å². The molecule has 5 nitrogen and oxygen atoms in total. The van der Waals surface area contributed by atoms with Gasteiger partial charge in [-0.15, -0.1) is 11.3 Å². The fourth-order valence-electron chi connectivity index (χ4n) is 3.09. The maximum atomic E-state index is 13.5. The van der Waals surface area contributed by atoms with Crippen molar-refractivity contribution >= 4 is 22.4 Å². The third-order valence-corrected chi connectivity index (χ3v) is 6.00. The number of nitrogens with one attached hydrogen (secondary N) is 1. The van der Waals surface area contributed by atoms with Crippen molar-refractivity contribution in [1.29, 1.82) is 0 Å². The Labute approximate surface area is 230 Å². The molecule has 3 rings (SSSR count). The number of amides is 1. The van der Waals surface area contributed by atoms with Crippen molar-refractivity contribution in [3.05, 3.63) is 101 Å². The van der Waals surface area contributed by atoms with Gasteiger partial charge in [0.1, 0.15) is 5.75 Å². The summed E-state index contributed by atoms with van der Waals surface area (Å²) in [6, 6.07) is 16.0. The van der Waals surface area contributed by atoms with Crippen molar-refractivity contribution in [2.45, 2.75) is 40.5 Å². The van der Waals surface area contributed by atoms with E-state index < -0.39 is 0 Å². The van der Waals surface area contributed by atoms with E-state index in [2.05, 4.69) is 47.8 Å². The van der Waals surface area contributed by atoms with Crippen LogP contribution in [0.15, 0.2) is 84.7 Å². The van der Waals surface area contributed by atoms with Gasteiger partial charge in [-0.05, 0) is 55.3 Å². The van der Waals surface area contributed by atoms with Crippen molar-refractivity contribution in [2.75, 3.05) is 26.6 Å². The van der Waals surface area contributed by atoms with Crippen LogP contribution in [0, 0.1) is 6.92 Å². The molecule has 38 heavy (non-hydrogen) atoms. The summed E-state index contributed by atoms with van der Waals surface area (Å²) in [6.07, 6.45) is 5.06. The van der Waals surface area contributed by atoms with E-state index in [0.717, 1.165) is 27.4 Å². The van der Waals surface area contributed by atoms with Crippen molar-refractivity contribution in [3.63, 3.8) is 0 Å². The van der Waals surface area contributed by atoms with Crippen LogP contribution in [-0.4, -0.2) is 32.2 Å². The number of carbonyl (C=O) groups is 1. The second-order valence-corrected chi connectivity index (χ2v) is 8.92. The van der Waals surface area contributed by atoms with Gasteiger partial charge in [-0.2, -0.15) is 0 Å². The molecule has 0 aliphatic heterocycles. The molecule has 0 radical (unpaired) electrons. The number of halogens is 1. The highest BCUT2D eigenvalue weighted by atomic mass is 32.1. The second-order valence-electron chi connectivity index (χ2n) is 7.84. The van der Waals surface area contributed by atoms with Gasteiger partial charge in [-0.1, -0.05) is 63.3 Å². The van der Waals surface area contributed by atoms with Crippen LogP contribution in [0.2, 0.25) is 0 Å². The zero-order chi connectivity index (χ0) is 28.5. The molecule has 0 saturated carbocycles. The Hall–Kier alpha value is -3.55. The molecule has 0 spiro atoms. The molecule has 1 amide bonds.